The monoisotopic (exact) mass is 595 g/mol. The number of hydrazine groups is 1. The quantitative estimate of drug-likeness (QED) is 0.198. The summed E-state index contributed by atoms with van der Waals surface area (Å²) in [5.74, 6) is -4.96. The number of nitrogens with zero attached hydrogens (tertiary/aromatic N) is 4. The second-order valence-corrected chi connectivity index (χ2v) is 10.0. The van der Waals surface area contributed by atoms with Gasteiger partial charge in [-0.25, -0.2) is 19.6 Å². The number of aryl methyl sites for hydroxylation is 1. The molecule has 228 valence electrons. The molecule has 0 aliphatic heterocycles. The SMILES string of the molecule is Cc1nc2ccc(CN(C)N(C(=O)c3ccccc3)[C@@H](CCC(=O)N(C)[C@@H](CCC(=O)O)C(=O)O)C(=O)O)cc2c(=O)[nH]1. The summed E-state index contributed by atoms with van der Waals surface area (Å²) in [5, 5.41) is 31.3. The first-order valence-corrected chi connectivity index (χ1v) is 13.3. The zero-order valence-corrected chi connectivity index (χ0v) is 23.9. The Kier molecular flexibility index (Phi) is 10.7. The first-order valence-electron chi connectivity index (χ1n) is 13.3. The molecule has 2 aromatic carbocycles. The summed E-state index contributed by atoms with van der Waals surface area (Å²) in [7, 11) is 2.70. The van der Waals surface area contributed by atoms with Gasteiger partial charge in [-0.1, -0.05) is 24.3 Å². The lowest BCUT2D eigenvalue weighted by Gasteiger charge is -2.37. The van der Waals surface area contributed by atoms with Gasteiger partial charge in [0.2, 0.25) is 5.91 Å². The molecule has 1 aromatic heterocycles. The van der Waals surface area contributed by atoms with Crippen LogP contribution in [0, 0.1) is 6.92 Å². The lowest BCUT2D eigenvalue weighted by molar-refractivity contribution is -0.152. The van der Waals surface area contributed by atoms with Crippen molar-refractivity contribution in [1.29, 1.82) is 0 Å². The van der Waals surface area contributed by atoms with Crippen molar-refractivity contribution in [3.05, 3.63) is 75.8 Å². The van der Waals surface area contributed by atoms with Crippen LogP contribution in [0.1, 0.15) is 47.4 Å². The number of likely N-dealkylation sites (N-methyl/N-ethyl adjacent to an activating group) is 1. The van der Waals surface area contributed by atoms with E-state index in [0.29, 0.717) is 22.3 Å². The maximum atomic E-state index is 13.7. The normalized spacial score (nSPS) is 12.5. The number of aromatic amines is 1. The van der Waals surface area contributed by atoms with Crippen LogP contribution in [0.15, 0.2) is 53.3 Å². The second kappa shape index (κ2) is 14.2. The number of nitrogens with one attached hydrogen (secondary N) is 1. The molecular weight excluding hydrogens is 562 g/mol. The Bertz CT molecular complexity index is 1570. The number of carboxylic acid groups (broad SMARTS) is 3. The van der Waals surface area contributed by atoms with Gasteiger partial charge in [-0.15, -0.1) is 0 Å². The first kappa shape index (κ1) is 32.4. The lowest BCUT2D eigenvalue weighted by Crippen LogP contribution is -2.53. The Morgan fingerprint density at radius 1 is 0.884 bits per heavy atom. The van der Waals surface area contributed by atoms with E-state index in [9.17, 15) is 39.0 Å². The van der Waals surface area contributed by atoms with Crippen LogP contribution in [0.4, 0.5) is 0 Å². The van der Waals surface area contributed by atoms with Gasteiger partial charge >= 0.3 is 17.9 Å². The minimum atomic E-state index is -1.54. The van der Waals surface area contributed by atoms with E-state index < -0.39 is 54.6 Å². The number of amides is 2. The van der Waals surface area contributed by atoms with Crippen LogP contribution >= 0.6 is 0 Å². The number of hydrogen-bond acceptors (Lipinski definition) is 8. The van der Waals surface area contributed by atoms with E-state index in [4.69, 9.17) is 5.11 Å². The topological polar surface area (TPSA) is 202 Å². The lowest BCUT2D eigenvalue weighted by atomic mass is 10.1. The summed E-state index contributed by atoms with van der Waals surface area (Å²) < 4.78 is 0. The molecule has 14 heteroatoms. The minimum absolute atomic E-state index is 0.00966. The summed E-state index contributed by atoms with van der Waals surface area (Å²) in [5.41, 5.74) is 0.898. The Morgan fingerprint density at radius 3 is 2.12 bits per heavy atom. The van der Waals surface area contributed by atoms with Crippen molar-refractivity contribution in [2.24, 2.45) is 0 Å². The highest BCUT2D eigenvalue weighted by Crippen LogP contribution is 2.20. The molecule has 3 aromatic rings. The third-order valence-corrected chi connectivity index (χ3v) is 6.89. The van der Waals surface area contributed by atoms with Gasteiger partial charge in [0.25, 0.3) is 11.5 Å². The van der Waals surface area contributed by atoms with Crippen LogP contribution in [0.2, 0.25) is 0 Å². The van der Waals surface area contributed by atoms with E-state index >= 15 is 0 Å². The molecule has 0 radical (unpaired) electrons. The van der Waals surface area contributed by atoms with Crippen molar-refractivity contribution in [2.45, 2.75) is 51.2 Å². The number of carbonyl (C=O) groups excluding carboxylic acids is 2. The number of hydrogen-bond donors (Lipinski definition) is 4. The predicted octanol–water partition coefficient (Wildman–Crippen LogP) is 1.73. The molecule has 0 fully saturated rings. The van der Waals surface area contributed by atoms with Crippen molar-refractivity contribution >= 4 is 40.6 Å². The molecule has 0 bridgehead atoms. The smallest absolute Gasteiger partial charge is 0.328 e. The van der Waals surface area contributed by atoms with Gasteiger partial charge in [0.05, 0.1) is 10.9 Å². The summed E-state index contributed by atoms with van der Waals surface area (Å²) in [6.45, 7) is 1.66. The Hall–Kier alpha value is -5.11. The number of fused-ring (bicyclic) bond motifs is 1. The molecule has 1 heterocycles. The molecule has 0 spiro atoms. The minimum Gasteiger partial charge on any atom is -0.481 e. The molecule has 2 amide bonds. The average Bonchev–Trinajstić information content (AvgIpc) is 2.94. The Morgan fingerprint density at radius 2 is 1.51 bits per heavy atom. The number of carboxylic acids is 3. The summed E-state index contributed by atoms with van der Waals surface area (Å²) >= 11 is 0. The fourth-order valence-corrected chi connectivity index (χ4v) is 4.69. The third-order valence-electron chi connectivity index (χ3n) is 6.89. The van der Waals surface area contributed by atoms with Crippen LogP contribution < -0.4 is 5.56 Å². The van der Waals surface area contributed by atoms with Gasteiger partial charge in [0.1, 0.15) is 17.9 Å². The number of carbonyl (C=O) groups is 5. The van der Waals surface area contributed by atoms with E-state index in [1.165, 1.54) is 31.2 Å². The predicted molar refractivity (Wildman–Crippen MR) is 153 cm³/mol. The van der Waals surface area contributed by atoms with Gasteiger partial charge < -0.3 is 25.2 Å². The molecule has 0 unspecified atom stereocenters. The summed E-state index contributed by atoms with van der Waals surface area (Å²) in [4.78, 5) is 82.0. The van der Waals surface area contributed by atoms with Gasteiger partial charge in [-0.3, -0.25) is 24.2 Å². The van der Waals surface area contributed by atoms with Gasteiger partial charge in [0, 0.05) is 39.0 Å². The fraction of sp³-hybridized carbons (Fsp3) is 0.345. The van der Waals surface area contributed by atoms with Crippen LogP contribution in [-0.2, 0) is 25.7 Å². The molecule has 0 aliphatic rings. The largest absolute Gasteiger partial charge is 0.481 e. The molecule has 2 atom stereocenters. The maximum absolute atomic E-state index is 13.7. The fourth-order valence-electron chi connectivity index (χ4n) is 4.69. The number of H-pyrrole nitrogens is 1. The molecule has 0 aliphatic carbocycles. The third kappa shape index (κ3) is 8.23. The van der Waals surface area contributed by atoms with Gasteiger partial charge in [0.15, 0.2) is 0 Å². The number of aromatic nitrogens is 2. The molecule has 0 saturated heterocycles. The van der Waals surface area contributed by atoms with Crippen molar-refractivity contribution in [2.75, 3.05) is 14.1 Å². The van der Waals surface area contributed by atoms with Crippen molar-refractivity contribution in [3.63, 3.8) is 0 Å². The van der Waals surface area contributed by atoms with Gasteiger partial charge in [-0.2, -0.15) is 0 Å². The highest BCUT2D eigenvalue weighted by molar-refractivity contribution is 5.96. The number of aliphatic carboxylic acids is 3. The maximum Gasteiger partial charge on any atom is 0.328 e. The standard InChI is InChI=1S/C29H33N5O9/c1-17-30-21-10-9-18(15-20(21)26(38)31-17)16-32(2)34(27(39)19-7-5-4-6-8-19)23(29(42)43)11-13-24(35)33(3)22(28(40)41)12-14-25(36)37/h4-10,15,22-23H,11-14,16H2,1-3H3,(H,36,37)(H,40,41)(H,42,43)(H,30,31,38)/t22-,23-/m0/s1. The summed E-state index contributed by atoms with van der Waals surface area (Å²) in [6, 6.07) is 9.95. The van der Waals surface area contributed by atoms with Crippen LogP contribution in [-0.4, -0.2) is 96.1 Å². The molecule has 0 saturated carbocycles. The van der Waals surface area contributed by atoms with E-state index in [-0.39, 0.29) is 30.5 Å². The molecule has 4 N–H and O–H groups in total. The van der Waals surface area contributed by atoms with Crippen molar-refractivity contribution in [3.8, 4) is 0 Å². The van der Waals surface area contributed by atoms with Crippen molar-refractivity contribution in [1.82, 2.24) is 24.9 Å². The zero-order chi connectivity index (χ0) is 31.8. The Balaban J connectivity index is 1.90. The van der Waals surface area contributed by atoms with Crippen LogP contribution in [0.25, 0.3) is 10.9 Å². The molecule has 14 nitrogen and oxygen atoms in total. The average molecular weight is 596 g/mol. The molecule has 3 rings (SSSR count). The molecule has 43 heavy (non-hydrogen) atoms. The van der Waals surface area contributed by atoms with Gasteiger partial charge in [-0.05, 0) is 49.6 Å². The zero-order valence-electron chi connectivity index (χ0n) is 23.9. The van der Waals surface area contributed by atoms with E-state index in [0.717, 1.165) is 9.91 Å². The summed E-state index contributed by atoms with van der Waals surface area (Å²) in [6.07, 6.45) is -1.62. The number of rotatable bonds is 14. The highest BCUT2D eigenvalue weighted by atomic mass is 16.4. The van der Waals surface area contributed by atoms with Crippen LogP contribution in [0.5, 0.6) is 0 Å². The van der Waals surface area contributed by atoms with E-state index in [2.05, 4.69) is 9.97 Å². The van der Waals surface area contributed by atoms with E-state index in [1.807, 2.05) is 0 Å². The first-order chi connectivity index (χ1) is 20.3. The number of benzene rings is 2. The van der Waals surface area contributed by atoms with E-state index in [1.54, 1.807) is 43.3 Å². The molecular formula is C29H33N5O9. The van der Waals surface area contributed by atoms with Crippen molar-refractivity contribution < 1.29 is 39.3 Å². The van der Waals surface area contributed by atoms with Crippen LogP contribution in [0.3, 0.4) is 0 Å². The second-order valence-electron chi connectivity index (χ2n) is 10.0. The Labute approximate surface area is 246 Å². The highest BCUT2D eigenvalue weighted by Gasteiger charge is 2.35.